The third-order valence-electron chi connectivity index (χ3n) is 3.10. The number of hydrogen-bond donors (Lipinski definition) is 0. The quantitative estimate of drug-likeness (QED) is 0.829. The first kappa shape index (κ1) is 12.8. The molecular formula is C14H19N3O. The first-order valence-electron chi connectivity index (χ1n) is 6.11. The van der Waals surface area contributed by atoms with Crippen LogP contribution in [0.2, 0.25) is 0 Å². The van der Waals surface area contributed by atoms with Crippen molar-refractivity contribution >= 4 is 16.8 Å². The van der Waals surface area contributed by atoms with Gasteiger partial charge in [0.1, 0.15) is 5.82 Å². The largest absolute Gasteiger partial charge is 0.317 e. The molecule has 0 N–H and O–H groups in total. The number of imidazole rings is 1. The van der Waals surface area contributed by atoms with Gasteiger partial charge in [-0.3, -0.25) is 4.79 Å². The summed E-state index contributed by atoms with van der Waals surface area (Å²) in [5.41, 5.74) is 1.97. The van der Waals surface area contributed by atoms with Crippen LogP contribution in [0.4, 0.5) is 0 Å². The Bertz CT molecular complexity index is 571. The molecule has 0 saturated heterocycles. The molecule has 0 spiro atoms. The molecule has 0 saturated carbocycles. The molecule has 1 unspecified atom stereocenters. The zero-order chi connectivity index (χ0) is 13.3. The van der Waals surface area contributed by atoms with Crippen LogP contribution >= 0.6 is 0 Å². The minimum Gasteiger partial charge on any atom is -0.317 e. The van der Waals surface area contributed by atoms with Crippen molar-refractivity contribution in [3.8, 4) is 0 Å². The second kappa shape index (κ2) is 4.90. The van der Waals surface area contributed by atoms with Crippen LogP contribution in [0.15, 0.2) is 24.3 Å². The highest BCUT2D eigenvalue weighted by atomic mass is 16.1. The van der Waals surface area contributed by atoms with E-state index >= 15 is 0 Å². The van der Waals surface area contributed by atoms with Crippen LogP contribution in [0.3, 0.4) is 0 Å². The summed E-state index contributed by atoms with van der Waals surface area (Å²) in [6, 6.07) is 7.77. The van der Waals surface area contributed by atoms with Crippen LogP contribution < -0.4 is 0 Å². The second-order valence-corrected chi connectivity index (χ2v) is 4.91. The molecule has 0 radical (unpaired) electrons. The number of fused-ring (bicyclic) bond motifs is 1. The molecule has 2 rings (SSSR count). The Morgan fingerprint density at radius 3 is 2.67 bits per heavy atom. The fourth-order valence-corrected chi connectivity index (χ4v) is 2.10. The Morgan fingerprint density at radius 1 is 1.39 bits per heavy atom. The third-order valence-corrected chi connectivity index (χ3v) is 3.10. The molecular weight excluding hydrogens is 226 g/mol. The van der Waals surface area contributed by atoms with E-state index in [4.69, 9.17) is 0 Å². The molecule has 0 aliphatic carbocycles. The van der Waals surface area contributed by atoms with E-state index in [0.717, 1.165) is 23.4 Å². The van der Waals surface area contributed by atoms with Gasteiger partial charge in [0, 0.05) is 0 Å². The Balaban J connectivity index is 2.61. The van der Waals surface area contributed by atoms with Gasteiger partial charge >= 0.3 is 0 Å². The van der Waals surface area contributed by atoms with Crippen molar-refractivity contribution in [1.29, 1.82) is 0 Å². The van der Waals surface area contributed by atoms with Crippen LogP contribution in [0.1, 0.15) is 25.7 Å². The van der Waals surface area contributed by atoms with Gasteiger partial charge in [0.05, 0.1) is 23.6 Å². The van der Waals surface area contributed by atoms with E-state index in [1.54, 1.807) is 6.92 Å². The normalized spacial score (nSPS) is 13.2. The molecule has 96 valence electrons. The topological polar surface area (TPSA) is 38.1 Å². The number of rotatable bonds is 4. The molecule has 4 heteroatoms. The molecule has 1 aromatic heterocycles. The fraction of sp³-hybridized carbons (Fsp3) is 0.429. The monoisotopic (exact) mass is 245 g/mol. The van der Waals surface area contributed by atoms with E-state index < -0.39 is 0 Å². The SMILES string of the molecule is CC(=O)C(C)n1c(CN(C)C)nc2ccccc21. The van der Waals surface area contributed by atoms with Crippen molar-refractivity contribution in [1.82, 2.24) is 14.5 Å². The smallest absolute Gasteiger partial charge is 0.152 e. The van der Waals surface area contributed by atoms with Gasteiger partial charge < -0.3 is 9.47 Å². The lowest BCUT2D eigenvalue weighted by Gasteiger charge is -2.17. The molecule has 0 aliphatic rings. The lowest BCUT2D eigenvalue weighted by molar-refractivity contribution is -0.119. The van der Waals surface area contributed by atoms with E-state index in [1.807, 2.05) is 49.9 Å². The number of nitrogens with zero attached hydrogens (tertiary/aromatic N) is 3. The molecule has 0 aliphatic heterocycles. The molecule has 18 heavy (non-hydrogen) atoms. The lowest BCUT2D eigenvalue weighted by Crippen LogP contribution is -2.20. The van der Waals surface area contributed by atoms with Crippen LogP contribution in [0.25, 0.3) is 11.0 Å². The lowest BCUT2D eigenvalue weighted by atomic mass is 10.2. The van der Waals surface area contributed by atoms with Crippen LogP contribution in [-0.4, -0.2) is 34.3 Å². The standard InChI is InChI=1S/C14H19N3O/c1-10(11(2)18)17-13-8-6-5-7-12(13)15-14(17)9-16(3)4/h5-8,10H,9H2,1-4H3. The molecule has 2 aromatic rings. The van der Waals surface area contributed by atoms with Crippen molar-refractivity contribution < 1.29 is 4.79 Å². The summed E-state index contributed by atoms with van der Waals surface area (Å²) in [4.78, 5) is 18.3. The summed E-state index contributed by atoms with van der Waals surface area (Å²) in [5.74, 6) is 1.09. The first-order chi connectivity index (χ1) is 8.50. The predicted octanol–water partition coefficient (Wildman–Crippen LogP) is 2.25. The number of benzene rings is 1. The van der Waals surface area contributed by atoms with Gasteiger partial charge in [-0.2, -0.15) is 0 Å². The maximum Gasteiger partial charge on any atom is 0.152 e. The van der Waals surface area contributed by atoms with Crippen molar-refractivity contribution in [3.05, 3.63) is 30.1 Å². The number of para-hydroxylation sites is 2. The number of carbonyl (C=O) groups excluding carboxylic acids is 1. The van der Waals surface area contributed by atoms with E-state index in [-0.39, 0.29) is 11.8 Å². The fourth-order valence-electron chi connectivity index (χ4n) is 2.10. The zero-order valence-corrected chi connectivity index (χ0v) is 11.3. The Morgan fingerprint density at radius 2 is 2.06 bits per heavy atom. The average molecular weight is 245 g/mol. The van der Waals surface area contributed by atoms with E-state index in [0.29, 0.717) is 0 Å². The van der Waals surface area contributed by atoms with E-state index in [2.05, 4.69) is 9.88 Å². The molecule has 1 heterocycles. The minimum absolute atomic E-state index is 0.151. The van der Waals surface area contributed by atoms with Crippen LogP contribution in [0, 0.1) is 0 Å². The maximum atomic E-state index is 11.7. The van der Waals surface area contributed by atoms with Gasteiger partial charge in [0.15, 0.2) is 5.78 Å². The highest BCUT2D eigenvalue weighted by molar-refractivity contribution is 5.83. The third kappa shape index (κ3) is 2.29. The van der Waals surface area contributed by atoms with Gasteiger partial charge in [-0.25, -0.2) is 4.98 Å². The van der Waals surface area contributed by atoms with E-state index in [9.17, 15) is 4.79 Å². The van der Waals surface area contributed by atoms with E-state index in [1.165, 1.54) is 0 Å². The highest BCUT2D eigenvalue weighted by Crippen LogP contribution is 2.22. The number of carbonyl (C=O) groups is 1. The number of ketones is 1. The summed E-state index contributed by atoms with van der Waals surface area (Å²) in [5, 5.41) is 0. The van der Waals surface area contributed by atoms with Crippen molar-refractivity contribution in [2.24, 2.45) is 0 Å². The van der Waals surface area contributed by atoms with Gasteiger partial charge in [-0.05, 0) is 40.1 Å². The molecule has 0 fully saturated rings. The molecule has 4 nitrogen and oxygen atoms in total. The molecule has 1 atom stereocenters. The second-order valence-electron chi connectivity index (χ2n) is 4.91. The number of Topliss-reactive ketones (excluding diaryl/α,β-unsaturated/α-hetero) is 1. The molecule has 1 aromatic carbocycles. The number of aromatic nitrogens is 2. The summed E-state index contributed by atoms with van der Waals surface area (Å²) in [6.07, 6.45) is 0. The highest BCUT2D eigenvalue weighted by Gasteiger charge is 2.18. The van der Waals surface area contributed by atoms with Crippen LogP contribution in [-0.2, 0) is 11.3 Å². The average Bonchev–Trinajstić information content (AvgIpc) is 2.64. The van der Waals surface area contributed by atoms with Crippen molar-refractivity contribution in [2.45, 2.75) is 26.4 Å². The minimum atomic E-state index is -0.174. The van der Waals surface area contributed by atoms with Crippen molar-refractivity contribution in [3.63, 3.8) is 0 Å². The number of hydrogen-bond acceptors (Lipinski definition) is 3. The zero-order valence-electron chi connectivity index (χ0n) is 11.3. The van der Waals surface area contributed by atoms with Gasteiger partial charge in [-0.1, -0.05) is 12.1 Å². The summed E-state index contributed by atoms with van der Waals surface area (Å²) in [7, 11) is 4.00. The Hall–Kier alpha value is -1.68. The summed E-state index contributed by atoms with van der Waals surface area (Å²) < 4.78 is 2.04. The first-order valence-corrected chi connectivity index (χ1v) is 6.11. The predicted molar refractivity (Wildman–Crippen MR) is 72.5 cm³/mol. The summed E-state index contributed by atoms with van der Waals surface area (Å²) >= 11 is 0. The summed E-state index contributed by atoms with van der Waals surface area (Å²) in [6.45, 7) is 4.28. The molecule has 0 bridgehead atoms. The molecule has 0 amide bonds. The van der Waals surface area contributed by atoms with Gasteiger partial charge in [0.2, 0.25) is 0 Å². The van der Waals surface area contributed by atoms with Gasteiger partial charge in [0.25, 0.3) is 0 Å². The Labute approximate surface area is 107 Å². The van der Waals surface area contributed by atoms with Crippen LogP contribution in [0.5, 0.6) is 0 Å². The van der Waals surface area contributed by atoms with Crippen molar-refractivity contribution in [2.75, 3.05) is 14.1 Å². The maximum absolute atomic E-state index is 11.7. The Kier molecular flexibility index (Phi) is 3.48. The van der Waals surface area contributed by atoms with Gasteiger partial charge in [-0.15, -0.1) is 0 Å².